The smallest absolute Gasteiger partial charge is 0.265 e. The van der Waals surface area contributed by atoms with Gasteiger partial charge in [0.05, 0.1) is 30.3 Å². The Morgan fingerprint density at radius 1 is 0.964 bits per heavy atom. The van der Waals surface area contributed by atoms with Crippen LogP contribution in [-0.4, -0.2) is 32.6 Å². The summed E-state index contributed by atoms with van der Waals surface area (Å²) in [5, 5.41) is 9.52. The average Bonchev–Trinajstić information content (AvgIpc) is 3.41. The minimum absolute atomic E-state index is 0.283. The molecular weight excluding hydrogens is 396 g/mol. The Morgan fingerprint density at radius 2 is 1.68 bits per heavy atom. The molecule has 3 aromatic rings. The van der Waals surface area contributed by atoms with E-state index in [1.54, 1.807) is 35.6 Å². The third kappa shape index (κ3) is 4.71. The molecular formula is C20H20N2O4S2. The lowest BCUT2D eigenvalue weighted by Crippen LogP contribution is -2.27. The zero-order valence-electron chi connectivity index (χ0n) is 15.5. The zero-order chi connectivity index (χ0) is 19.9. The zero-order valence-corrected chi connectivity index (χ0v) is 17.1. The summed E-state index contributed by atoms with van der Waals surface area (Å²) in [7, 11) is 3.00. The van der Waals surface area contributed by atoms with Crippen LogP contribution in [0.3, 0.4) is 0 Å². The summed E-state index contributed by atoms with van der Waals surface area (Å²) in [6, 6.07) is 10.7. The first kappa shape index (κ1) is 19.9. The standard InChI is InChI=1S/C20H20N2O4S2/c1-25-16-11-14(19(23)21-8-7-13-5-3-9-27-13)15(12-17(16)26-2)22-20(24)18-6-4-10-28-18/h3-6,9-12H,7-8H2,1-2H3,(H,21,23)(H,22,24). The molecule has 1 aromatic carbocycles. The molecule has 0 unspecified atom stereocenters. The van der Waals surface area contributed by atoms with Gasteiger partial charge < -0.3 is 20.1 Å². The van der Waals surface area contributed by atoms with Crippen molar-refractivity contribution in [1.29, 1.82) is 0 Å². The van der Waals surface area contributed by atoms with Crippen LogP contribution in [0.5, 0.6) is 11.5 Å². The number of methoxy groups -OCH3 is 2. The Balaban J connectivity index is 1.81. The molecule has 0 aliphatic rings. The van der Waals surface area contributed by atoms with Crippen LogP contribution >= 0.6 is 22.7 Å². The number of hydrogen-bond donors (Lipinski definition) is 2. The number of rotatable bonds is 8. The average molecular weight is 417 g/mol. The molecule has 28 heavy (non-hydrogen) atoms. The maximum absolute atomic E-state index is 12.8. The summed E-state index contributed by atoms with van der Waals surface area (Å²) in [6.07, 6.45) is 0.744. The lowest BCUT2D eigenvalue weighted by Gasteiger charge is -2.15. The van der Waals surface area contributed by atoms with E-state index < -0.39 is 0 Å². The highest BCUT2D eigenvalue weighted by atomic mass is 32.1. The van der Waals surface area contributed by atoms with Crippen LogP contribution in [0, 0.1) is 0 Å². The molecule has 0 aliphatic carbocycles. The summed E-state index contributed by atoms with van der Waals surface area (Å²) in [5.74, 6) is 0.271. The van der Waals surface area contributed by atoms with Crippen LogP contribution in [0.2, 0.25) is 0 Å². The molecule has 2 N–H and O–H groups in total. The third-order valence-corrected chi connectivity index (χ3v) is 5.80. The molecule has 0 saturated carbocycles. The quantitative estimate of drug-likeness (QED) is 0.581. The third-order valence-electron chi connectivity index (χ3n) is 4.00. The van der Waals surface area contributed by atoms with Gasteiger partial charge in [0.25, 0.3) is 11.8 Å². The number of nitrogens with one attached hydrogen (secondary N) is 2. The molecule has 8 heteroatoms. The highest BCUT2D eigenvalue weighted by Gasteiger charge is 2.19. The number of amides is 2. The molecule has 146 valence electrons. The van der Waals surface area contributed by atoms with Gasteiger partial charge in [-0.05, 0) is 35.4 Å². The Kier molecular flexibility index (Phi) is 6.67. The van der Waals surface area contributed by atoms with Gasteiger partial charge in [-0.25, -0.2) is 0 Å². The van der Waals surface area contributed by atoms with Gasteiger partial charge in [-0.1, -0.05) is 12.1 Å². The molecule has 0 atom stereocenters. The molecule has 2 heterocycles. The van der Waals surface area contributed by atoms with Crippen molar-refractivity contribution in [3.63, 3.8) is 0 Å². The molecule has 0 radical (unpaired) electrons. The van der Waals surface area contributed by atoms with Crippen molar-refractivity contribution >= 4 is 40.2 Å². The molecule has 0 aliphatic heterocycles. The van der Waals surface area contributed by atoms with Gasteiger partial charge in [-0.3, -0.25) is 9.59 Å². The maximum atomic E-state index is 12.8. The van der Waals surface area contributed by atoms with Crippen molar-refractivity contribution < 1.29 is 19.1 Å². The first-order chi connectivity index (χ1) is 13.6. The van der Waals surface area contributed by atoms with Gasteiger partial charge in [0.2, 0.25) is 0 Å². The molecule has 2 amide bonds. The second-order valence-corrected chi connectivity index (χ2v) is 7.75. The Morgan fingerprint density at radius 3 is 2.32 bits per heavy atom. The number of anilines is 1. The van der Waals surface area contributed by atoms with Crippen molar-refractivity contribution in [1.82, 2.24) is 5.32 Å². The van der Waals surface area contributed by atoms with E-state index in [9.17, 15) is 9.59 Å². The van der Waals surface area contributed by atoms with E-state index in [1.165, 1.54) is 30.4 Å². The SMILES string of the molecule is COc1cc(NC(=O)c2cccs2)c(C(=O)NCCc2cccs2)cc1OC. The molecule has 2 aromatic heterocycles. The van der Waals surface area contributed by atoms with Crippen molar-refractivity contribution in [2.45, 2.75) is 6.42 Å². The van der Waals surface area contributed by atoms with E-state index in [-0.39, 0.29) is 11.8 Å². The highest BCUT2D eigenvalue weighted by molar-refractivity contribution is 7.12. The number of hydrogen-bond acceptors (Lipinski definition) is 6. The summed E-state index contributed by atoms with van der Waals surface area (Å²) in [4.78, 5) is 27.0. The minimum atomic E-state index is -0.293. The monoisotopic (exact) mass is 416 g/mol. The highest BCUT2D eigenvalue weighted by Crippen LogP contribution is 2.33. The molecule has 0 saturated heterocycles. The predicted octanol–water partition coefficient (Wildman–Crippen LogP) is 4.05. The van der Waals surface area contributed by atoms with Gasteiger partial charge in [0, 0.05) is 17.5 Å². The van der Waals surface area contributed by atoms with E-state index in [2.05, 4.69) is 10.6 Å². The number of thiophene rings is 2. The van der Waals surface area contributed by atoms with E-state index in [1.807, 2.05) is 22.9 Å². The number of carbonyl (C=O) groups is 2. The van der Waals surface area contributed by atoms with E-state index >= 15 is 0 Å². The predicted molar refractivity (Wildman–Crippen MR) is 112 cm³/mol. The fourth-order valence-electron chi connectivity index (χ4n) is 2.61. The minimum Gasteiger partial charge on any atom is -0.493 e. The fourth-order valence-corrected chi connectivity index (χ4v) is 3.94. The molecule has 0 bridgehead atoms. The number of carbonyl (C=O) groups excluding carboxylic acids is 2. The van der Waals surface area contributed by atoms with Crippen LogP contribution in [0.4, 0.5) is 5.69 Å². The van der Waals surface area contributed by atoms with Crippen LogP contribution in [0.15, 0.2) is 47.2 Å². The maximum Gasteiger partial charge on any atom is 0.265 e. The van der Waals surface area contributed by atoms with Gasteiger partial charge in [0.1, 0.15) is 0 Å². The van der Waals surface area contributed by atoms with Crippen molar-refractivity contribution in [2.24, 2.45) is 0 Å². The second kappa shape index (κ2) is 9.38. The summed E-state index contributed by atoms with van der Waals surface area (Å²) in [6.45, 7) is 0.492. The summed E-state index contributed by atoms with van der Waals surface area (Å²) >= 11 is 2.97. The first-order valence-corrected chi connectivity index (χ1v) is 10.3. The van der Waals surface area contributed by atoms with Gasteiger partial charge in [0.15, 0.2) is 11.5 Å². The van der Waals surface area contributed by atoms with Crippen LogP contribution < -0.4 is 20.1 Å². The van der Waals surface area contributed by atoms with Crippen molar-refractivity contribution in [3.8, 4) is 11.5 Å². The lowest BCUT2D eigenvalue weighted by molar-refractivity contribution is 0.0954. The van der Waals surface area contributed by atoms with Crippen molar-refractivity contribution in [3.05, 3.63) is 62.5 Å². The topological polar surface area (TPSA) is 76.7 Å². The fraction of sp³-hybridized carbons (Fsp3) is 0.200. The van der Waals surface area contributed by atoms with Crippen LogP contribution in [-0.2, 0) is 6.42 Å². The lowest BCUT2D eigenvalue weighted by atomic mass is 10.1. The Hall–Kier alpha value is -2.84. The number of ether oxygens (including phenoxy) is 2. The van der Waals surface area contributed by atoms with E-state index in [4.69, 9.17) is 9.47 Å². The normalized spacial score (nSPS) is 10.4. The molecule has 0 fully saturated rings. The van der Waals surface area contributed by atoms with Crippen molar-refractivity contribution in [2.75, 3.05) is 26.1 Å². The van der Waals surface area contributed by atoms with Gasteiger partial charge >= 0.3 is 0 Å². The largest absolute Gasteiger partial charge is 0.493 e. The summed E-state index contributed by atoms with van der Waals surface area (Å²) < 4.78 is 10.6. The number of benzene rings is 1. The van der Waals surface area contributed by atoms with Gasteiger partial charge in [-0.2, -0.15) is 0 Å². The Bertz CT molecular complexity index is 938. The van der Waals surface area contributed by atoms with E-state index in [0.29, 0.717) is 34.2 Å². The van der Waals surface area contributed by atoms with Crippen LogP contribution in [0.25, 0.3) is 0 Å². The summed E-state index contributed by atoms with van der Waals surface area (Å²) in [5.41, 5.74) is 0.679. The van der Waals surface area contributed by atoms with Gasteiger partial charge in [-0.15, -0.1) is 22.7 Å². The Labute approximate surface area is 171 Å². The second-order valence-electron chi connectivity index (χ2n) is 5.77. The van der Waals surface area contributed by atoms with Crippen LogP contribution in [0.1, 0.15) is 24.9 Å². The van der Waals surface area contributed by atoms with E-state index in [0.717, 1.165) is 6.42 Å². The molecule has 6 nitrogen and oxygen atoms in total. The molecule has 0 spiro atoms. The first-order valence-electron chi connectivity index (χ1n) is 8.54. The molecule has 3 rings (SSSR count).